The normalized spacial score (nSPS) is 12.7. The molecule has 2 aromatic heterocycles. The molecule has 0 spiro atoms. The number of pyridine rings is 1. The van der Waals surface area contributed by atoms with Gasteiger partial charge in [-0.25, -0.2) is 4.98 Å². The first kappa shape index (κ1) is 13.0. The molecule has 3 aromatic rings. The van der Waals surface area contributed by atoms with E-state index in [0.29, 0.717) is 0 Å². The summed E-state index contributed by atoms with van der Waals surface area (Å²) in [5.74, 6) is 0. The quantitative estimate of drug-likeness (QED) is 0.775. The summed E-state index contributed by atoms with van der Waals surface area (Å²) in [6.07, 6.45) is 3.60. The van der Waals surface area contributed by atoms with Crippen LogP contribution in [-0.4, -0.2) is 9.97 Å². The van der Waals surface area contributed by atoms with Crippen LogP contribution in [0.15, 0.2) is 46.8 Å². The Balaban J connectivity index is 1.89. The highest BCUT2D eigenvalue weighted by atomic mass is 32.1. The number of hydrogen-bond donors (Lipinski definition) is 2. The minimum atomic E-state index is -0.0449. The highest BCUT2D eigenvalue weighted by Crippen LogP contribution is 2.21. The van der Waals surface area contributed by atoms with Crippen molar-refractivity contribution in [2.24, 2.45) is 0 Å². The molecule has 2 N–H and O–H groups in total. The van der Waals surface area contributed by atoms with Crippen molar-refractivity contribution in [3.05, 3.63) is 63.0 Å². The van der Waals surface area contributed by atoms with Crippen molar-refractivity contribution >= 4 is 22.1 Å². The molecular weight excluding hydrogens is 270 g/mol. The maximum absolute atomic E-state index is 11.8. The number of benzene rings is 1. The summed E-state index contributed by atoms with van der Waals surface area (Å²) in [4.78, 5) is 18.9. The van der Waals surface area contributed by atoms with E-state index in [0.717, 1.165) is 27.9 Å². The summed E-state index contributed by atoms with van der Waals surface area (Å²) in [6, 6.07) is 7.82. The molecule has 1 atom stereocenters. The molecule has 5 heteroatoms. The molecule has 2 heterocycles. The van der Waals surface area contributed by atoms with E-state index in [9.17, 15) is 4.79 Å². The van der Waals surface area contributed by atoms with Crippen molar-refractivity contribution in [3.63, 3.8) is 0 Å². The van der Waals surface area contributed by atoms with Crippen molar-refractivity contribution in [3.8, 4) is 0 Å². The number of rotatable bonds is 4. The molecule has 20 heavy (non-hydrogen) atoms. The molecule has 0 saturated carbocycles. The van der Waals surface area contributed by atoms with Crippen molar-refractivity contribution in [2.75, 3.05) is 0 Å². The zero-order valence-corrected chi connectivity index (χ0v) is 11.9. The van der Waals surface area contributed by atoms with Gasteiger partial charge in [-0.15, -0.1) is 11.3 Å². The van der Waals surface area contributed by atoms with Gasteiger partial charge in [-0.1, -0.05) is 18.2 Å². The third-order valence-electron chi connectivity index (χ3n) is 3.35. The van der Waals surface area contributed by atoms with E-state index < -0.39 is 0 Å². The fourth-order valence-electron chi connectivity index (χ4n) is 2.28. The zero-order chi connectivity index (χ0) is 13.9. The van der Waals surface area contributed by atoms with Crippen LogP contribution in [0.4, 0.5) is 0 Å². The van der Waals surface area contributed by atoms with E-state index >= 15 is 0 Å². The minimum absolute atomic E-state index is 0.0449. The highest BCUT2D eigenvalue weighted by Gasteiger charge is 2.11. The Bertz CT molecular complexity index is 764. The van der Waals surface area contributed by atoms with Gasteiger partial charge in [-0.2, -0.15) is 0 Å². The Morgan fingerprint density at radius 2 is 2.15 bits per heavy atom. The lowest BCUT2D eigenvalue weighted by molar-refractivity contribution is 0.575. The summed E-state index contributed by atoms with van der Waals surface area (Å²) < 4.78 is 0. The van der Waals surface area contributed by atoms with Crippen LogP contribution in [0.5, 0.6) is 0 Å². The van der Waals surface area contributed by atoms with Gasteiger partial charge in [0.2, 0.25) is 0 Å². The van der Waals surface area contributed by atoms with Crippen molar-refractivity contribution in [1.29, 1.82) is 0 Å². The third-order valence-corrected chi connectivity index (χ3v) is 4.13. The van der Waals surface area contributed by atoms with Crippen LogP contribution < -0.4 is 10.9 Å². The first-order valence-corrected chi connectivity index (χ1v) is 7.36. The summed E-state index contributed by atoms with van der Waals surface area (Å²) in [6.45, 7) is 2.82. The summed E-state index contributed by atoms with van der Waals surface area (Å²) >= 11 is 1.63. The monoisotopic (exact) mass is 285 g/mol. The fraction of sp³-hybridized carbons (Fsp3) is 0.200. The Morgan fingerprint density at radius 1 is 1.35 bits per heavy atom. The predicted molar refractivity (Wildman–Crippen MR) is 81.9 cm³/mol. The number of aromatic amines is 1. The van der Waals surface area contributed by atoms with E-state index in [1.807, 2.05) is 35.8 Å². The van der Waals surface area contributed by atoms with Gasteiger partial charge in [0, 0.05) is 35.7 Å². The molecular formula is C15H15N3OS. The van der Waals surface area contributed by atoms with E-state index in [4.69, 9.17) is 0 Å². The molecule has 0 aliphatic carbocycles. The number of H-pyrrole nitrogens is 1. The third kappa shape index (κ3) is 2.50. The molecule has 0 saturated heterocycles. The second-order valence-electron chi connectivity index (χ2n) is 4.65. The number of nitrogens with zero attached hydrogens (tertiary/aromatic N) is 1. The van der Waals surface area contributed by atoms with Crippen LogP contribution >= 0.6 is 11.3 Å². The van der Waals surface area contributed by atoms with Crippen molar-refractivity contribution in [2.45, 2.75) is 19.5 Å². The number of thiazole rings is 1. The Kier molecular flexibility index (Phi) is 3.62. The number of nitrogens with one attached hydrogen (secondary N) is 2. The topological polar surface area (TPSA) is 57.8 Å². The van der Waals surface area contributed by atoms with Gasteiger partial charge in [0.1, 0.15) is 5.01 Å². The standard InChI is InChI=1S/C15H15N3OS/c1-10(17-9-14-16-6-7-20-14)13-8-18-15(19)12-5-3-2-4-11(12)13/h2-8,10,17H,9H2,1H3,(H,18,19). The van der Waals surface area contributed by atoms with Crippen LogP contribution in [0.1, 0.15) is 23.5 Å². The smallest absolute Gasteiger partial charge is 0.255 e. The first-order chi connectivity index (χ1) is 9.75. The average molecular weight is 285 g/mol. The Labute approximate surface area is 120 Å². The van der Waals surface area contributed by atoms with Crippen molar-refractivity contribution < 1.29 is 0 Å². The van der Waals surface area contributed by atoms with Crippen LogP contribution in [0, 0.1) is 0 Å². The SMILES string of the molecule is CC(NCc1nccs1)c1c[nH]c(=O)c2ccccc12. The number of aromatic nitrogens is 2. The molecule has 3 rings (SSSR count). The van der Waals surface area contributed by atoms with Gasteiger partial charge in [0.15, 0.2) is 0 Å². The lowest BCUT2D eigenvalue weighted by Gasteiger charge is -2.15. The van der Waals surface area contributed by atoms with E-state index in [1.165, 1.54) is 0 Å². The molecule has 0 fully saturated rings. The van der Waals surface area contributed by atoms with Crippen LogP contribution in [0.3, 0.4) is 0 Å². The lowest BCUT2D eigenvalue weighted by atomic mass is 10.0. The van der Waals surface area contributed by atoms with E-state index in [2.05, 4.69) is 22.2 Å². The maximum Gasteiger partial charge on any atom is 0.255 e. The molecule has 4 nitrogen and oxygen atoms in total. The molecule has 0 aliphatic rings. The summed E-state index contributed by atoms with van der Waals surface area (Å²) in [5.41, 5.74) is 1.05. The van der Waals surface area contributed by atoms with Crippen LogP contribution in [0.2, 0.25) is 0 Å². The number of hydrogen-bond acceptors (Lipinski definition) is 4. The molecule has 1 unspecified atom stereocenters. The van der Waals surface area contributed by atoms with Gasteiger partial charge in [0.25, 0.3) is 5.56 Å². The summed E-state index contributed by atoms with van der Waals surface area (Å²) in [5, 5.41) is 8.19. The Morgan fingerprint density at radius 3 is 2.90 bits per heavy atom. The fourth-order valence-corrected chi connectivity index (χ4v) is 2.85. The van der Waals surface area contributed by atoms with E-state index in [-0.39, 0.29) is 11.6 Å². The minimum Gasteiger partial charge on any atom is -0.328 e. The molecule has 102 valence electrons. The molecule has 0 aliphatic heterocycles. The zero-order valence-electron chi connectivity index (χ0n) is 11.1. The lowest BCUT2D eigenvalue weighted by Crippen LogP contribution is -2.20. The van der Waals surface area contributed by atoms with Gasteiger partial charge in [-0.05, 0) is 23.9 Å². The largest absolute Gasteiger partial charge is 0.328 e. The molecule has 1 aromatic carbocycles. The van der Waals surface area contributed by atoms with Crippen LogP contribution in [-0.2, 0) is 6.54 Å². The van der Waals surface area contributed by atoms with Gasteiger partial charge < -0.3 is 10.3 Å². The van der Waals surface area contributed by atoms with Gasteiger partial charge in [-0.3, -0.25) is 4.79 Å². The first-order valence-electron chi connectivity index (χ1n) is 6.48. The number of fused-ring (bicyclic) bond motifs is 1. The van der Waals surface area contributed by atoms with E-state index in [1.54, 1.807) is 17.5 Å². The van der Waals surface area contributed by atoms with Crippen LogP contribution in [0.25, 0.3) is 10.8 Å². The van der Waals surface area contributed by atoms with Crippen molar-refractivity contribution in [1.82, 2.24) is 15.3 Å². The Hall–Kier alpha value is -1.98. The average Bonchev–Trinajstić information content (AvgIpc) is 2.99. The summed E-state index contributed by atoms with van der Waals surface area (Å²) in [7, 11) is 0. The van der Waals surface area contributed by atoms with Gasteiger partial charge in [0.05, 0.1) is 0 Å². The van der Waals surface area contributed by atoms with Gasteiger partial charge >= 0.3 is 0 Å². The maximum atomic E-state index is 11.8. The molecule has 0 radical (unpaired) electrons. The predicted octanol–water partition coefficient (Wildman–Crippen LogP) is 2.84. The molecule has 0 bridgehead atoms. The highest BCUT2D eigenvalue weighted by molar-refractivity contribution is 7.09. The molecule has 0 amide bonds. The second kappa shape index (κ2) is 5.56. The second-order valence-corrected chi connectivity index (χ2v) is 5.63.